The number of halogens is 1. The monoisotopic (exact) mass is 352 g/mol. The van der Waals surface area contributed by atoms with Gasteiger partial charge in [0.15, 0.2) is 5.75 Å². The number of urea groups is 1. The number of nitrogens with one attached hydrogen (secondary N) is 2. The number of ether oxygens (including phenoxy) is 2. The van der Waals surface area contributed by atoms with E-state index in [-0.39, 0.29) is 6.03 Å². The molecule has 0 fully saturated rings. The number of rotatable bonds is 8. The normalized spacial score (nSPS) is 14.0. The third-order valence-corrected chi connectivity index (χ3v) is 4.16. The summed E-state index contributed by atoms with van der Waals surface area (Å²) in [7, 11) is 1.60. The molecule has 1 aromatic carbocycles. The first-order valence-corrected chi connectivity index (χ1v) is 8.71. The number of hydrogen-bond donors (Lipinski definition) is 2. The standard InChI is InChI=1S/C18H25ClN2O3/c1-23-12-13-24-17-15(19)8-5-9-16(17)21-18(22)20-11-10-14-6-3-2-4-7-14/h5-6,8-9H,2-4,7,10-13H2,1H3,(H2,20,21,22). The van der Waals surface area contributed by atoms with Gasteiger partial charge in [-0.05, 0) is 44.2 Å². The van der Waals surface area contributed by atoms with E-state index < -0.39 is 0 Å². The maximum absolute atomic E-state index is 12.1. The summed E-state index contributed by atoms with van der Waals surface area (Å²) in [5, 5.41) is 6.13. The quantitative estimate of drug-likeness (QED) is 0.539. The van der Waals surface area contributed by atoms with Gasteiger partial charge in [-0.1, -0.05) is 29.3 Å². The molecule has 0 radical (unpaired) electrons. The van der Waals surface area contributed by atoms with Crippen LogP contribution in [-0.4, -0.2) is 32.9 Å². The van der Waals surface area contributed by atoms with Crippen LogP contribution in [-0.2, 0) is 4.74 Å². The van der Waals surface area contributed by atoms with Gasteiger partial charge in [-0.25, -0.2) is 4.79 Å². The first kappa shape index (κ1) is 18.6. The molecule has 0 saturated heterocycles. The van der Waals surface area contributed by atoms with Crippen LogP contribution < -0.4 is 15.4 Å². The van der Waals surface area contributed by atoms with E-state index in [0.717, 1.165) is 19.3 Å². The second-order valence-electron chi connectivity index (χ2n) is 5.70. The van der Waals surface area contributed by atoms with E-state index in [1.165, 1.54) is 18.4 Å². The Morgan fingerprint density at radius 2 is 2.17 bits per heavy atom. The van der Waals surface area contributed by atoms with Crippen molar-refractivity contribution in [1.82, 2.24) is 5.32 Å². The van der Waals surface area contributed by atoms with Gasteiger partial charge in [0.05, 0.1) is 17.3 Å². The fourth-order valence-electron chi connectivity index (χ4n) is 2.62. The van der Waals surface area contributed by atoms with Gasteiger partial charge in [0.2, 0.25) is 0 Å². The van der Waals surface area contributed by atoms with Crippen molar-refractivity contribution >= 4 is 23.3 Å². The van der Waals surface area contributed by atoms with E-state index in [9.17, 15) is 4.79 Å². The van der Waals surface area contributed by atoms with Crippen LogP contribution in [0.4, 0.5) is 10.5 Å². The molecule has 5 nitrogen and oxygen atoms in total. The molecule has 2 rings (SSSR count). The van der Waals surface area contributed by atoms with Crippen molar-refractivity contribution in [2.45, 2.75) is 32.1 Å². The van der Waals surface area contributed by atoms with Crippen molar-refractivity contribution in [2.24, 2.45) is 0 Å². The number of benzene rings is 1. The average molecular weight is 353 g/mol. The predicted molar refractivity (Wildman–Crippen MR) is 97.0 cm³/mol. The van der Waals surface area contributed by atoms with Crippen molar-refractivity contribution in [3.8, 4) is 5.75 Å². The van der Waals surface area contributed by atoms with Gasteiger partial charge in [0.1, 0.15) is 6.61 Å². The Balaban J connectivity index is 1.84. The number of para-hydroxylation sites is 1. The highest BCUT2D eigenvalue weighted by Crippen LogP contribution is 2.32. The SMILES string of the molecule is COCCOc1c(Cl)cccc1NC(=O)NCCC1=CCCCC1. The highest BCUT2D eigenvalue weighted by atomic mass is 35.5. The number of amides is 2. The maximum Gasteiger partial charge on any atom is 0.319 e. The van der Waals surface area contributed by atoms with Crippen LogP contribution >= 0.6 is 11.6 Å². The molecule has 1 aliphatic carbocycles. The Morgan fingerprint density at radius 3 is 2.92 bits per heavy atom. The van der Waals surface area contributed by atoms with Crippen LogP contribution in [0.15, 0.2) is 29.8 Å². The third-order valence-electron chi connectivity index (χ3n) is 3.87. The van der Waals surface area contributed by atoms with Crippen LogP contribution in [0.2, 0.25) is 5.02 Å². The lowest BCUT2D eigenvalue weighted by molar-refractivity contribution is 0.146. The second-order valence-corrected chi connectivity index (χ2v) is 6.10. The van der Waals surface area contributed by atoms with Crippen LogP contribution in [0.3, 0.4) is 0 Å². The van der Waals surface area contributed by atoms with E-state index in [0.29, 0.717) is 36.2 Å². The molecular formula is C18H25ClN2O3. The first-order valence-electron chi connectivity index (χ1n) is 8.33. The summed E-state index contributed by atoms with van der Waals surface area (Å²) < 4.78 is 10.6. The van der Waals surface area contributed by atoms with Gasteiger partial charge < -0.3 is 20.1 Å². The van der Waals surface area contributed by atoms with Gasteiger partial charge in [-0.3, -0.25) is 0 Å². The highest BCUT2D eigenvalue weighted by molar-refractivity contribution is 6.32. The summed E-state index contributed by atoms with van der Waals surface area (Å²) in [5.41, 5.74) is 1.99. The van der Waals surface area contributed by atoms with E-state index in [1.807, 2.05) is 0 Å². The second kappa shape index (κ2) is 10.2. The van der Waals surface area contributed by atoms with Crippen LogP contribution in [0, 0.1) is 0 Å². The zero-order valence-electron chi connectivity index (χ0n) is 14.1. The minimum Gasteiger partial charge on any atom is -0.487 e. The molecule has 0 bridgehead atoms. The molecule has 0 unspecified atom stereocenters. The molecular weight excluding hydrogens is 328 g/mol. The number of anilines is 1. The molecule has 0 heterocycles. The van der Waals surface area contributed by atoms with E-state index in [2.05, 4.69) is 16.7 Å². The molecule has 2 N–H and O–H groups in total. The minimum atomic E-state index is -0.259. The minimum absolute atomic E-state index is 0.259. The topological polar surface area (TPSA) is 59.6 Å². The van der Waals surface area contributed by atoms with Crippen LogP contribution in [0.25, 0.3) is 0 Å². The summed E-state index contributed by atoms with van der Waals surface area (Å²) >= 11 is 6.15. The summed E-state index contributed by atoms with van der Waals surface area (Å²) in [4.78, 5) is 12.1. The van der Waals surface area contributed by atoms with Crippen molar-refractivity contribution in [3.05, 3.63) is 34.9 Å². The Bertz CT molecular complexity index is 575. The Hall–Kier alpha value is -1.72. The Kier molecular flexibility index (Phi) is 7.92. The number of carbonyl (C=O) groups excluding carboxylic acids is 1. The van der Waals surface area contributed by atoms with Gasteiger partial charge in [-0.15, -0.1) is 0 Å². The van der Waals surface area contributed by atoms with Gasteiger partial charge in [0.25, 0.3) is 0 Å². The Morgan fingerprint density at radius 1 is 1.29 bits per heavy atom. The Labute approximate surface area is 148 Å². The van der Waals surface area contributed by atoms with Crippen LogP contribution in [0.1, 0.15) is 32.1 Å². The van der Waals surface area contributed by atoms with Crippen molar-refractivity contribution in [3.63, 3.8) is 0 Å². The first-order chi connectivity index (χ1) is 11.7. The summed E-state index contributed by atoms with van der Waals surface area (Å²) in [5.74, 6) is 0.460. The molecule has 1 aromatic rings. The molecule has 0 spiro atoms. The van der Waals surface area contributed by atoms with E-state index in [4.69, 9.17) is 21.1 Å². The lowest BCUT2D eigenvalue weighted by Crippen LogP contribution is -2.30. The molecule has 0 saturated carbocycles. The van der Waals surface area contributed by atoms with Crippen LogP contribution in [0.5, 0.6) is 5.75 Å². The molecule has 6 heteroatoms. The predicted octanol–water partition coefficient (Wildman–Crippen LogP) is 4.38. The van der Waals surface area contributed by atoms with Crippen molar-refractivity contribution in [1.29, 1.82) is 0 Å². The number of carbonyl (C=O) groups is 1. The third kappa shape index (κ3) is 6.06. The average Bonchev–Trinajstić information content (AvgIpc) is 2.58. The molecule has 24 heavy (non-hydrogen) atoms. The largest absolute Gasteiger partial charge is 0.487 e. The molecule has 1 aliphatic rings. The number of allylic oxidation sites excluding steroid dienone is 1. The summed E-state index contributed by atoms with van der Waals surface area (Å²) in [6.07, 6.45) is 8.03. The van der Waals surface area contributed by atoms with Gasteiger partial charge in [-0.2, -0.15) is 0 Å². The summed E-state index contributed by atoms with van der Waals surface area (Å²) in [6.45, 7) is 1.44. The fourth-order valence-corrected chi connectivity index (χ4v) is 2.84. The van der Waals surface area contributed by atoms with Crippen molar-refractivity contribution in [2.75, 3.05) is 32.2 Å². The summed E-state index contributed by atoms with van der Waals surface area (Å²) in [6, 6.07) is 5.00. The van der Waals surface area contributed by atoms with Gasteiger partial charge in [0, 0.05) is 13.7 Å². The van der Waals surface area contributed by atoms with Gasteiger partial charge >= 0.3 is 6.03 Å². The van der Waals surface area contributed by atoms with Crippen molar-refractivity contribution < 1.29 is 14.3 Å². The molecule has 0 aromatic heterocycles. The zero-order valence-corrected chi connectivity index (χ0v) is 14.8. The molecule has 0 atom stereocenters. The zero-order chi connectivity index (χ0) is 17.2. The van der Waals surface area contributed by atoms with E-state index in [1.54, 1.807) is 25.3 Å². The lowest BCUT2D eigenvalue weighted by atomic mass is 9.97. The van der Waals surface area contributed by atoms with E-state index >= 15 is 0 Å². The number of methoxy groups -OCH3 is 1. The fraction of sp³-hybridized carbons (Fsp3) is 0.500. The smallest absolute Gasteiger partial charge is 0.319 e. The lowest BCUT2D eigenvalue weighted by Gasteiger charge is -2.15. The maximum atomic E-state index is 12.1. The molecule has 0 aliphatic heterocycles. The number of hydrogen-bond acceptors (Lipinski definition) is 3. The molecule has 132 valence electrons. The highest BCUT2D eigenvalue weighted by Gasteiger charge is 2.11. The molecule has 2 amide bonds.